The number of hydrogen-bond donors (Lipinski definition) is 0. The van der Waals surface area contributed by atoms with Crippen LogP contribution in [0.2, 0.25) is 0 Å². The van der Waals surface area contributed by atoms with E-state index in [1.807, 2.05) is 36.2 Å². The van der Waals surface area contributed by atoms with Gasteiger partial charge in [-0.15, -0.1) is 0 Å². The summed E-state index contributed by atoms with van der Waals surface area (Å²) in [5.74, 6) is 0.986. The van der Waals surface area contributed by atoms with E-state index in [9.17, 15) is 4.79 Å². The molecule has 6 heteroatoms. The Kier molecular flexibility index (Phi) is 5.34. The molecule has 2 aromatic rings. The maximum Gasteiger partial charge on any atom is 0.259 e. The minimum Gasteiger partial charge on any atom is -0.477 e. The minimum absolute atomic E-state index is 0.0425. The highest BCUT2D eigenvalue weighted by Crippen LogP contribution is 2.31. The van der Waals surface area contributed by atoms with E-state index in [1.165, 1.54) is 6.42 Å². The summed E-state index contributed by atoms with van der Waals surface area (Å²) >= 11 is 0. The highest BCUT2D eigenvalue weighted by molar-refractivity contribution is 5.96. The number of piperidine rings is 1. The summed E-state index contributed by atoms with van der Waals surface area (Å²) in [6.45, 7) is 5.97. The molecule has 3 saturated heterocycles. The normalized spacial score (nSPS) is 22.5. The lowest BCUT2D eigenvalue weighted by Gasteiger charge is -2.36. The first kappa shape index (κ1) is 17.9. The van der Waals surface area contributed by atoms with Gasteiger partial charge in [-0.3, -0.25) is 14.7 Å². The van der Waals surface area contributed by atoms with Crippen LogP contribution < -0.4 is 4.74 Å². The zero-order valence-corrected chi connectivity index (χ0v) is 15.8. The monoisotopic (exact) mass is 366 g/mol. The van der Waals surface area contributed by atoms with Crippen molar-refractivity contribution in [3.8, 4) is 5.88 Å². The molecule has 0 aromatic carbocycles. The molecule has 2 aromatic heterocycles. The van der Waals surface area contributed by atoms with E-state index in [2.05, 4.69) is 20.9 Å². The Morgan fingerprint density at radius 2 is 2.00 bits per heavy atom. The van der Waals surface area contributed by atoms with Gasteiger partial charge >= 0.3 is 0 Å². The Morgan fingerprint density at radius 3 is 2.81 bits per heavy atom. The van der Waals surface area contributed by atoms with Gasteiger partial charge in [-0.25, -0.2) is 4.98 Å². The highest BCUT2D eigenvalue weighted by atomic mass is 16.5. The second kappa shape index (κ2) is 8.05. The summed E-state index contributed by atoms with van der Waals surface area (Å²) in [4.78, 5) is 26.5. The van der Waals surface area contributed by atoms with E-state index in [0.29, 0.717) is 24.0 Å². The second-order valence-electron chi connectivity index (χ2n) is 7.36. The van der Waals surface area contributed by atoms with E-state index in [1.54, 1.807) is 12.3 Å². The highest BCUT2D eigenvalue weighted by Gasteiger charge is 2.38. The van der Waals surface area contributed by atoms with Gasteiger partial charge in [0.25, 0.3) is 5.91 Å². The van der Waals surface area contributed by atoms with Crippen molar-refractivity contribution in [1.29, 1.82) is 0 Å². The number of hydrogen-bond acceptors (Lipinski definition) is 5. The van der Waals surface area contributed by atoms with Crippen LogP contribution in [0.25, 0.3) is 0 Å². The van der Waals surface area contributed by atoms with Gasteiger partial charge in [-0.05, 0) is 49.9 Å². The Labute approximate surface area is 160 Å². The predicted molar refractivity (Wildman–Crippen MR) is 102 cm³/mol. The molecule has 5 heterocycles. The molecule has 0 saturated carbocycles. The zero-order chi connectivity index (χ0) is 18.6. The number of amides is 1. The van der Waals surface area contributed by atoms with E-state index in [-0.39, 0.29) is 11.9 Å². The average molecular weight is 366 g/mol. The lowest BCUT2D eigenvalue weighted by Crippen LogP contribution is -2.47. The molecule has 2 bridgehead atoms. The van der Waals surface area contributed by atoms with Crippen molar-refractivity contribution in [2.75, 3.05) is 26.2 Å². The lowest BCUT2D eigenvalue weighted by atomic mass is 9.94. The predicted octanol–water partition coefficient (Wildman–Crippen LogP) is 2.61. The van der Waals surface area contributed by atoms with Gasteiger partial charge < -0.3 is 9.64 Å². The van der Waals surface area contributed by atoms with Gasteiger partial charge in [0.05, 0.1) is 12.3 Å². The van der Waals surface area contributed by atoms with Crippen LogP contribution in [-0.2, 0) is 6.54 Å². The van der Waals surface area contributed by atoms with E-state index in [0.717, 1.165) is 38.3 Å². The molecule has 0 unspecified atom stereocenters. The Morgan fingerprint density at radius 1 is 1.11 bits per heavy atom. The molecule has 0 spiro atoms. The molecular weight excluding hydrogens is 340 g/mol. The standard InChI is InChI=1S/C21H26N4O2/c1-2-27-20-19(7-5-11-23-20)21(26)25-13-16-8-9-18(25)15-24(12-16)14-17-6-3-4-10-22-17/h3-7,10-11,16,18H,2,8-9,12-15H2,1H3/t16-,18+/m0/s1. The van der Waals surface area contributed by atoms with Crippen LogP contribution in [0.4, 0.5) is 0 Å². The molecule has 27 heavy (non-hydrogen) atoms. The third kappa shape index (κ3) is 3.95. The molecule has 3 fully saturated rings. The van der Waals surface area contributed by atoms with Crippen molar-refractivity contribution in [2.24, 2.45) is 5.92 Å². The zero-order valence-electron chi connectivity index (χ0n) is 15.8. The maximum atomic E-state index is 13.3. The smallest absolute Gasteiger partial charge is 0.259 e. The fourth-order valence-electron chi connectivity index (χ4n) is 4.24. The van der Waals surface area contributed by atoms with Crippen molar-refractivity contribution in [1.82, 2.24) is 19.8 Å². The lowest BCUT2D eigenvalue weighted by molar-refractivity contribution is 0.0580. The quantitative estimate of drug-likeness (QED) is 0.814. The topological polar surface area (TPSA) is 58.6 Å². The molecule has 2 atom stereocenters. The largest absolute Gasteiger partial charge is 0.477 e. The van der Waals surface area contributed by atoms with Gasteiger partial charge in [0.2, 0.25) is 5.88 Å². The van der Waals surface area contributed by atoms with E-state index >= 15 is 0 Å². The van der Waals surface area contributed by atoms with Crippen LogP contribution >= 0.6 is 0 Å². The fraction of sp³-hybridized carbons (Fsp3) is 0.476. The Hall–Kier alpha value is -2.47. The molecule has 3 aliphatic rings. The molecule has 0 N–H and O–H groups in total. The first-order valence-corrected chi connectivity index (χ1v) is 9.75. The molecule has 3 aliphatic heterocycles. The molecule has 6 nitrogen and oxygen atoms in total. The van der Waals surface area contributed by atoms with Crippen LogP contribution in [0.1, 0.15) is 35.8 Å². The molecular formula is C21H26N4O2. The van der Waals surface area contributed by atoms with Crippen LogP contribution in [0.3, 0.4) is 0 Å². The van der Waals surface area contributed by atoms with Gasteiger partial charge in [-0.2, -0.15) is 0 Å². The number of nitrogens with zero attached hydrogens (tertiary/aromatic N) is 4. The number of pyridine rings is 2. The Bertz CT molecular complexity index is 783. The molecule has 0 aliphatic carbocycles. The number of aromatic nitrogens is 2. The van der Waals surface area contributed by atoms with E-state index < -0.39 is 0 Å². The van der Waals surface area contributed by atoms with Crippen molar-refractivity contribution in [3.63, 3.8) is 0 Å². The van der Waals surface area contributed by atoms with Gasteiger partial charge in [0.15, 0.2) is 0 Å². The summed E-state index contributed by atoms with van der Waals surface area (Å²) in [5.41, 5.74) is 1.66. The number of fused-ring (bicyclic) bond motifs is 4. The van der Waals surface area contributed by atoms with Crippen molar-refractivity contribution >= 4 is 5.91 Å². The summed E-state index contributed by atoms with van der Waals surface area (Å²) in [7, 11) is 0. The summed E-state index contributed by atoms with van der Waals surface area (Å²) in [6.07, 6.45) is 5.75. The molecule has 1 amide bonds. The summed E-state index contributed by atoms with van der Waals surface area (Å²) < 4.78 is 5.58. The third-order valence-electron chi connectivity index (χ3n) is 5.44. The third-order valence-corrected chi connectivity index (χ3v) is 5.44. The Balaban J connectivity index is 1.51. The van der Waals surface area contributed by atoms with Crippen LogP contribution in [0, 0.1) is 5.92 Å². The first-order valence-electron chi connectivity index (χ1n) is 9.75. The number of ether oxygens (including phenoxy) is 1. The number of carbonyl (C=O) groups excluding carboxylic acids is 1. The summed E-state index contributed by atoms with van der Waals surface area (Å²) in [5, 5.41) is 0. The van der Waals surface area contributed by atoms with Crippen LogP contribution in [0.15, 0.2) is 42.7 Å². The SMILES string of the molecule is CCOc1ncccc1C(=O)N1C[C@H]2CC[C@@H]1CN(Cc1ccccn1)C2. The fourth-order valence-corrected chi connectivity index (χ4v) is 4.24. The van der Waals surface area contributed by atoms with Gasteiger partial charge in [0, 0.05) is 44.6 Å². The van der Waals surface area contributed by atoms with Crippen molar-refractivity contribution in [3.05, 3.63) is 54.0 Å². The van der Waals surface area contributed by atoms with Gasteiger partial charge in [-0.1, -0.05) is 6.07 Å². The van der Waals surface area contributed by atoms with Gasteiger partial charge in [0.1, 0.15) is 5.56 Å². The van der Waals surface area contributed by atoms with Crippen molar-refractivity contribution in [2.45, 2.75) is 32.4 Å². The van der Waals surface area contributed by atoms with Crippen LogP contribution in [0.5, 0.6) is 5.88 Å². The minimum atomic E-state index is 0.0425. The summed E-state index contributed by atoms with van der Waals surface area (Å²) in [6, 6.07) is 9.90. The first-order chi connectivity index (χ1) is 13.2. The molecule has 5 rings (SSSR count). The second-order valence-corrected chi connectivity index (χ2v) is 7.36. The maximum absolute atomic E-state index is 13.3. The van der Waals surface area contributed by atoms with Crippen LogP contribution in [-0.4, -0.2) is 58.0 Å². The molecule has 142 valence electrons. The number of carbonyl (C=O) groups is 1. The van der Waals surface area contributed by atoms with E-state index in [4.69, 9.17) is 4.74 Å². The average Bonchev–Trinajstić information content (AvgIpc) is 2.99. The van der Waals surface area contributed by atoms with Crippen molar-refractivity contribution < 1.29 is 9.53 Å². The number of rotatable bonds is 5. The molecule has 0 radical (unpaired) electrons.